The van der Waals surface area contributed by atoms with Crippen LogP contribution in [0.2, 0.25) is 0 Å². The quantitative estimate of drug-likeness (QED) is 0.579. The van der Waals surface area contributed by atoms with Crippen LogP contribution in [0.1, 0.15) is 29.5 Å². The zero-order valence-corrected chi connectivity index (χ0v) is 14.7. The summed E-state index contributed by atoms with van der Waals surface area (Å²) < 4.78 is 10.7. The fourth-order valence-corrected chi connectivity index (χ4v) is 2.97. The van der Waals surface area contributed by atoms with E-state index in [0.29, 0.717) is 11.5 Å². The first-order valence-electron chi connectivity index (χ1n) is 8.30. The van der Waals surface area contributed by atoms with Gasteiger partial charge in [-0.2, -0.15) is 0 Å². The zero-order valence-electron chi connectivity index (χ0n) is 14.7. The summed E-state index contributed by atoms with van der Waals surface area (Å²) in [6.45, 7) is 0.254. The number of nitro benzene ring substituents is 1. The summed E-state index contributed by atoms with van der Waals surface area (Å²) in [4.78, 5) is 15.7. The SMILES string of the molecule is COc1cc2c(cc1OC)C(=NOCc1ccc([N+](=O)[O-])cc1)CCC2. The van der Waals surface area contributed by atoms with Crippen LogP contribution in [0, 0.1) is 10.1 Å². The maximum atomic E-state index is 10.7. The van der Waals surface area contributed by atoms with Gasteiger partial charge in [0.25, 0.3) is 5.69 Å². The molecule has 1 aliphatic carbocycles. The summed E-state index contributed by atoms with van der Waals surface area (Å²) in [6.07, 6.45) is 2.77. The van der Waals surface area contributed by atoms with E-state index in [-0.39, 0.29) is 12.3 Å². The van der Waals surface area contributed by atoms with Crippen LogP contribution in [-0.4, -0.2) is 24.9 Å². The molecule has 136 valence electrons. The molecule has 0 unspecified atom stereocenters. The molecule has 2 aromatic rings. The van der Waals surface area contributed by atoms with Crippen LogP contribution in [0.5, 0.6) is 11.5 Å². The fourth-order valence-electron chi connectivity index (χ4n) is 2.97. The molecule has 0 fully saturated rings. The van der Waals surface area contributed by atoms with Crippen molar-refractivity contribution in [2.24, 2.45) is 5.16 Å². The van der Waals surface area contributed by atoms with E-state index in [2.05, 4.69) is 5.16 Å². The van der Waals surface area contributed by atoms with Gasteiger partial charge in [-0.15, -0.1) is 0 Å². The van der Waals surface area contributed by atoms with Gasteiger partial charge in [-0.05, 0) is 54.7 Å². The molecule has 0 heterocycles. The van der Waals surface area contributed by atoms with Crippen molar-refractivity contribution >= 4 is 11.4 Å². The highest BCUT2D eigenvalue weighted by Gasteiger charge is 2.20. The Morgan fingerprint density at radius 3 is 2.42 bits per heavy atom. The van der Waals surface area contributed by atoms with E-state index in [0.717, 1.165) is 41.7 Å². The number of rotatable bonds is 6. The van der Waals surface area contributed by atoms with Crippen LogP contribution in [-0.2, 0) is 17.9 Å². The molecule has 0 saturated heterocycles. The first-order chi connectivity index (χ1) is 12.6. The molecular formula is C19H20N2O5. The number of methoxy groups -OCH3 is 2. The number of aryl methyl sites for hydroxylation is 1. The Kier molecular flexibility index (Phi) is 5.36. The molecule has 0 aliphatic heterocycles. The predicted octanol–water partition coefficient (Wildman–Crippen LogP) is 3.87. The van der Waals surface area contributed by atoms with Gasteiger partial charge in [-0.1, -0.05) is 5.16 Å². The lowest BCUT2D eigenvalue weighted by Gasteiger charge is -2.20. The summed E-state index contributed by atoms with van der Waals surface area (Å²) in [5.74, 6) is 1.37. The van der Waals surface area contributed by atoms with Crippen molar-refractivity contribution in [1.82, 2.24) is 0 Å². The number of nitrogens with zero attached hydrogens (tertiary/aromatic N) is 2. The third-order valence-corrected chi connectivity index (χ3v) is 4.33. The standard InChI is InChI=1S/C19H20N2O5/c1-24-18-10-14-4-3-5-17(16(14)11-19(18)25-2)20-26-12-13-6-8-15(9-7-13)21(22)23/h6-11H,3-5,12H2,1-2H3. The summed E-state index contributed by atoms with van der Waals surface area (Å²) in [7, 11) is 3.23. The van der Waals surface area contributed by atoms with E-state index in [1.54, 1.807) is 26.4 Å². The number of fused-ring (bicyclic) bond motifs is 1. The van der Waals surface area contributed by atoms with Crippen LogP contribution in [0.4, 0.5) is 5.69 Å². The van der Waals surface area contributed by atoms with Crippen molar-refractivity contribution in [3.63, 3.8) is 0 Å². The molecule has 0 amide bonds. The second-order valence-electron chi connectivity index (χ2n) is 5.95. The molecule has 0 saturated carbocycles. The van der Waals surface area contributed by atoms with Gasteiger partial charge < -0.3 is 14.3 Å². The van der Waals surface area contributed by atoms with Gasteiger partial charge in [0.2, 0.25) is 0 Å². The molecule has 7 nitrogen and oxygen atoms in total. The van der Waals surface area contributed by atoms with Crippen LogP contribution < -0.4 is 9.47 Å². The van der Waals surface area contributed by atoms with Crippen LogP contribution in [0.15, 0.2) is 41.6 Å². The first kappa shape index (κ1) is 17.7. The Hall–Kier alpha value is -3.09. The first-order valence-corrected chi connectivity index (χ1v) is 8.30. The normalized spacial score (nSPS) is 14.6. The van der Waals surface area contributed by atoms with Gasteiger partial charge in [0.1, 0.15) is 6.61 Å². The van der Waals surface area contributed by atoms with Crippen molar-refractivity contribution < 1.29 is 19.2 Å². The van der Waals surface area contributed by atoms with Gasteiger partial charge in [0, 0.05) is 17.7 Å². The van der Waals surface area contributed by atoms with Gasteiger partial charge in [-0.3, -0.25) is 10.1 Å². The molecule has 0 aromatic heterocycles. The van der Waals surface area contributed by atoms with E-state index in [4.69, 9.17) is 14.3 Å². The summed E-state index contributed by atoms with van der Waals surface area (Å²) in [6, 6.07) is 10.2. The molecule has 0 spiro atoms. The van der Waals surface area contributed by atoms with Gasteiger partial charge >= 0.3 is 0 Å². The van der Waals surface area contributed by atoms with E-state index in [9.17, 15) is 10.1 Å². The summed E-state index contributed by atoms with van der Waals surface area (Å²) in [5.41, 5.74) is 3.92. The van der Waals surface area contributed by atoms with Crippen molar-refractivity contribution in [2.75, 3.05) is 14.2 Å². The number of oxime groups is 1. The lowest BCUT2D eigenvalue weighted by Crippen LogP contribution is -2.13. The lowest BCUT2D eigenvalue weighted by atomic mass is 9.89. The largest absolute Gasteiger partial charge is 0.493 e. The molecule has 0 bridgehead atoms. The second-order valence-corrected chi connectivity index (χ2v) is 5.95. The minimum absolute atomic E-state index is 0.0577. The van der Waals surface area contributed by atoms with Crippen molar-refractivity contribution in [3.8, 4) is 11.5 Å². The Labute approximate surface area is 151 Å². The number of benzene rings is 2. The number of hydrogen-bond donors (Lipinski definition) is 0. The number of hydrogen-bond acceptors (Lipinski definition) is 6. The summed E-state index contributed by atoms with van der Waals surface area (Å²) >= 11 is 0. The minimum atomic E-state index is -0.425. The third kappa shape index (κ3) is 3.77. The predicted molar refractivity (Wildman–Crippen MR) is 96.9 cm³/mol. The molecule has 0 radical (unpaired) electrons. The van der Waals surface area contributed by atoms with Gasteiger partial charge in [0.05, 0.1) is 24.9 Å². The molecule has 26 heavy (non-hydrogen) atoms. The maximum Gasteiger partial charge on any atom is 0.269 e. The number of non-ortho nitro benzene ring substituents is 1. The lowest BCUT2D eigenvalue weighted by molar-refractivity contribution is -0.384. The van der Waals surface area contributed by atoms with Crippen molar-refractivity contribution in [2.45, 2.75) is 25.9 Å². The van der Waals surface area contributed by atoms with Crippen molar-refractivity contribution in [3.05, 3.63) is 63.2 Å². The Balaban J connectivity index is 1.75. The Morgan fingerprint density at radius 1 is 1.08 bits per heavy atom. The molecule has 0 N–H and O–H groups in total. The molecule has 2 aromatic carbocycles. The second kappa shape index (κ2) is 7.86. The summed E-state index contributed by atoms with van der Waals surface area (Å²) in [5, 5.41) is 15.0. The Morgan fingerprint density at radius 2 is 1.77 bits per heavy atom. The topological polar surface area (TPSA) is 83.2 Å². The van der Waals surface area contributed by atoms with Gasteiger partial charge in [-0.25, -0.2) is 0 Å². The molecule has 0 atom stereocenters. The fraction of sp³-hybridized carbons (Fsp3) is 0.316. The molecular weight excluding hydrogens is 336 g/mol. The highest BCUT2D eigenvalue weighted by Crippen LogP contribution is 2.34. The number of ether oxygens (including phenoxy) is 2. The maximum absolute atomic E-state index is 10.7. The van der Waals surface area contributed by atoms with E-state index in [1.807, 2.05) is 12.1 Å². The third-order valence-electron chi connectivity index (χ3n) is 4.33. The number of nitro groups is 1. The monoisotopic (exact) mass is 356 g/mol. The highest BCUT2D eigenvalue weighted by molar-refractivity contribution is 6.03. The van der Waals surface area contributed by atoms with E-state index < -0.39 is 4.92 Å². The molecule has 3 rings (SSSR count). The van der Waals surface area contributed by atoms with E-state index in [1.165, 1.54) is 12.1 Å². The van der Waals surface area contributed by atoms with Crippen molar-refractivity contribution in [1.29, 1.82) is 0 Å². The molecule has 1 aliphatic rings. The van der Waals surface area contributed by atoms with Crippen LogP contribution in [0.25, 0.3) is 0 Å². The highest BCUT2D eigenvalue weighted by atomic mass is 16.6. The zero-order chi connectivity index (χ0) is 18.5. The average Bonchev–Trinajstić information content (AvgIpc) is 2.67. The Bertz CT molecular complexity index is 831. The molecule has 7 heteroatoms. The smallest absolute Gasteiger partial charge is 0.269 e. The van der Waals surface area contributed by atoms with Crippen LogP contribution in [0.3, 0.4) is 0 Å². The average molecular weight is 356 g/mol. The van der Waals surface area contributed by atoms with E-state index >= 15 is 0 Å². The van der Waals surface area contributed by atoms with Gasteiger partial charge in [0.15, 0.2) is 11.5 Å². The minimum Gasteiger partial charge on any atom is -0.493 e. The van der Waals surface area contributed by atoms with Crippen LogP contribution >= 0.6 is 0 Å².